The lowest BCUT2D eigenvalue weighted by atomic mass is 10.1. The Kier molecular flexibility index (Phi) is 5.09. The van der Waals surface area contributed by atoms with E-state index in [-0.39, 0.29) is 5.84 Å². The predicted molar refractivity (Wildman–Crippen MR) is 87.5 cm³/mol. The maximum Gasteiger partial charge on any atom is 0.134 e. The van der Waals surface area contributed by atoms with E-state index < -0.39 is 0 Å². The lowest BCUT2D eigenvalue weighted by Gasteiger charge is -2.11. The highest BCUT2D eigenvalue weighted by Crippen LogP contribution is 2.29. The number of amidine groups is 1. The Bertz CT molecular complexity index is 677. The molecule has 2 aromatic rings. The van der Waals surface area contributed by atoms with Crippen molar-refractivity contribution in [1.29, 1.82) is 5.41 Å². The number of nitrogen functional groups attached to an aromatic ring is 1. The molecule has 3 N–H and O–H groups in total. The van der Waals surface area contributed by atoms with Crippen LogP contribution in [0.2, 0.25) is 5.02 Å². The molecule has 6 heteroatoms. The van der Waals surface area contributed by atoms with Gasteiger partial charge in [-0.25, -0.2) is 0 Å². The molecule has 0 spiro atoms. The van der Waals surface area contributed by atoms with Crippen LogP contribution in [0.5, 0.6) is 11.5 Å². The predicted octanol–water partition coefficient (Wildman–Crippen LogP) is 3.97. The van der Waals surface area contributed by atoms with Gasteiger partial charge in [-0.15, -0.1) is 0 Å². The van der Waals surface area contributed by atoms with Gasteiger partial charge in [-0.3, -0.25) is 5.41 Å². The third-order valence-electron chi connectivity index (χ3n) is 2.84. The van der Waals surface area contributed by atoms with Gasteiger partial charge in [-0.1, -0.05) is 17.7 Å². The molecule has 2 aromatic carbocycles. The number of methoxy groups -OCH3 is 1. The quantitative estimate of drug-likeness (QED) is 0.619. The number of halogens is 2. The average molecular weight is 370 g/mol. The molecule has 0 aromatic heterocycles. The monoisotopic (exact) mass is 368 g/mol. The molecule has 0 aliphatic rings. The Hall–Kier alpha value is -1.72. The Labute approximate surface area is 136 Å². The molecule has 0 unspecified atom stereocenters. The highest BCUT2D eigenvalue weighted by Gasteiger charge is 2.08. The average Bonchev–Trinajstić information content (AvgIpc) is 2.45. The number of ether oxygens (including phenoxy) is 2. The smallest absolute Gasteiger partial charge is 0.134 e. The van der Waals surface area contributed by atoms with Crippen molar-refractivity contribution in [2.75, 3.05) is 7.11 Å². The minimum atomic E-state index is -0.0280. The van der Waals surface area contributed by atoms with Crippen molar-refractivity contribution in [2.24, 2.45) is 5.73 Å². The van der Waals surface area contributed by atoms with Gasteiger partial charge in [0.25, 0.3) is 0 Å². The molecule has 0 aliphatic heterocycles. The van der Waals surface area contributed by atoms with E-state index in [4.69, 9.17) is 32.2 Å². The van der Waals surface area contributed by atoms with Crippen LogP contribution >= 0.6 is 27.5 Å². The normalized spacial score (nSPS) is 10.2. The van der Waals surface area contributed by atoms with Crippen molar-refractivity contribution >= 4 is 33.4 Å². The van der Waals surface area contributed by atoms with E-state index in [2.05, 4.69) is 15.9 Å². The van der Waals surface area contributed by atoms with E-state index >= 15 is 0 Å². The Morgan fingerprint density at radius 1 is 1.24 bits per heavy atom. The zero-order chi connectivity index (χ0) is 15.4. The lowest BCUT2D eigenvalue weighted by molar-refractivity contribution is 0.303. The zero-order valence-corrected chi connectivity index (χ0v) is 13.7. The summed E-state index contributed by atoms with van der Waals surface area (Å²) in [6.45, 7) is 0.370. The summed E-state index contributed by atoms with van der Waals surface area (Å²) in [6, 6.07) is 10.7. The van der Waals surface area contributed by atoms with Crippen LogP contribution in [0.1, 0.15) is 11.1 Å². The fourth-order valence-corrected chi connectivity index (χ4v) is 2.60. The zero-order valence-electron chi connectivity index (χ0n) is 11.3. The van der Waals surface area contributed by atoms with E-state index in [0.29, 0.717) is 28.7 Å². The first kappa shape index (κ1) is 15.7. The molecule has 21 heavy (non-hydrogen) atoms. The second-order valence-corrected chi connectivity index (χ2v) is 5.60. The highest BCUT2D eigenvalue weighted by molar-refractivity contribution is 9.10. The summed E-state index contributed by atoms with van der Waals surface area (Å²) in [5, 5.41) is 8.12. The fraction of sp³-hybridized carbons (Fsp3) is 0.133. The van der Waals surface area contributed by atoms with Gasteiger partial charge in [0, 0.05) is 5.02 Å². The second-order valence-electron chi connectivity index (χ2n) is 4.31. The number of hydrogen-bond acceptors (Lipinski definition) is 3. The minimum absolute atomic E-state index is 0.0280. The molecule has 2 rings (SSSR count). The third-order valence-corrected chi connectivity index (χ3v) is 3.70. The Morgan fingerprint density at radius 3 is 2.62 bits per heavy atom. The molecular weight excluding hydrogens is 356 g/mol. The molecule has 0 atom stereocenters. The molecule has 0 heterocycles. The van der Waals surface area contributed by atoms with Crippen molar-refractivity contribution in [3.05, 3.63) is 57.0 Å². The maximum atomic E-state index is 7.48. The van der Waals surface area contributed by atoms with Crippen molar-refractivity contribution in [1.82, 2.24) is 0 Å². The molecule has 0 saturated carbocycles. The molecule has 110 valence electrons. The van der Waals surface area contributed by atoms with Crippen LogP contribution in [-0.4, -0.2) is 12.9 Å². The van der Waals surface area contributed by atoms with Crippen LogP contribution in [-0.2, 0) is 6.61 Å². The van der Waals surface area contributed by atoms with Gasteiger partial charge in [0.05, 0.1) is 17.1 Å². The van der Waals surface area contributed by atoms with E-state index in [0.717, 1.165) is 10.0 Å². The molecule has 0 fully saturated rings. The number of rotatable bonds is 5. The number of nitrogens with one attached hydrogen (secondary N) is 1. The molecular formula is C15H14BrClN2O2. The standard InChI is InChI=1S/C15H14BrClN2O2/c1-20-14-6-9(2-4-11(14)15(18)19)8-21-13-5-3-10(17)7-12(13)16/h2-7H,8H2,1H3,(H3,18,19). The van der Waals surface area contributed by atoms with Crippen molar-refractivity contribution in [3.63, 3.8) is 0 Å². The van der Waals surface area contributed by atoms with Gasteiger partial charge in [0.1, 0.15) is 23.9 Å². The molecule has 0 bridgehead atoms. The highest BCUT2D eigenvalue weighted by atomic mass is 79.9. The van der Waals surface area contributed by atoms with Crippen LogP contribution in [0, 0.1) is 5.41 Å². The number of nitrogens with two attached hydrogens (primary N) is 1. The second kappa shape index (κ2) is 6.83. The summed E-state index contributed by atoms with van der Waals surface area (Å²) in [5.74, 6) is 1.23. The SMILES string of the molecule is COc1cc(COc2ccc(Cl)cc2Br)ccc1C(=N)N. The van der Waals surface area contributed by atoms with Crippen LogP contribution in [0.4, 0.5) is 0 Å². The lowest BCUT2D eigenvalue weighted by Crippen LogP contribution is -2.12. The molecule has 0 aliphatic carbocycles. The summed E-state index contributed by atoms with van der Waals surface area (Å²) in [7, 11) is 1.54. The first-order valence-electron chi connectivity index (χ1n) is 6.10. The van der Waals surface area contributed by atoms with Gasteiger partial charge in [0.15, 0.2) is 0 Å². The summed E-state index contributed by atoms with van der Waals surface area (Å²) < 4.78 is 11.8. The summed E-state index contributed by atoms with van der Waals surface area (Å²) in [6.07, 6.45) is 0. The Morgan fingerprint density at radius 2 is 2.00 bits per heavy atom. The van der Waals surface area contributed by atoms with Gasteiger partial charge < -0.3 is 15.2 Å². The molecule has 0 radical (unpaired) electrons. The van der Waals surface area contributed by atoms with Crippen LogP contribution in [0.3, 0.4) is 0 Å². The van der Waals surface area contributed by atoms with Crippen LogP contribution < -0.4 is 15.2 Å². The van der Waals surface area contributed by atoms with E-state index in [9.17, 15) is 0 Å². The largest absolute Gasteiger partial charge is 0.496 e. The van der Waals surface area contributed by atoms with Gasteiger partial charge >= 0.3 is 0 Å². The summed E-state index contributed by atoms with van der Waals surface area (Å²) in [5.41, 5.74) is 6.97. The van der Waals surface area contributed by atoms with Crippen LogP contribution in [0.25, 0.3) is 0 Å². The van der Waals surface area contributed by atoms with Gasteiger partial charge in [0.2, 0.25) is 0 Å². The maximum absolute atomic E-state index is 7.48. The topological polar surface area (TPSA) is 68.3 Å². The first-order chi connectivity index (χ1) is 10.0. The van der Waals surface area contributed by atoms with Crippen molar-refractivity contribution < 1.29 is 9.47 Å². The van der Waals surface area contributed by atoms with Crippen molar-refractivity contribution in [3.8, 4) is 11.5 Å². The third kappa shape index (κ3) is 3.89. The van der Waals surface area contributed by atoms with Gasteiger partial charge in [-0.2, -0.15) is 0 Å². The number of hydrogen-bond donors (Lipinski definition) is 2. The molecule has 0 saturated heterocycles. The summed E-state index contributed by atoms with van der Waals surface area (Å²) >= 11 is 9.29. The molecule has 4 nitrogen and oxygen atoms in total. The Balaban J connectivity index is 2.15. The van der Waals surface area contributed by atoms with Crippen LogP contribution in [0.15, 0.2) is 40.9 Å². The van der Waals surface area contributed by atoms with E-state index in [1.165, 1.54) is 0 Å². The minimum Gasteiger partial charge on any atom is -0.496 e. The van der Waals surface area contributed by atoms with Crippen molar-refractivity contribution in [2.45, 2.75) is 6.61 Å². The first-order valence-corrected chi connectivity index (χ1v) is 7.27. The molecule has 0 amide bonds. The van der Waals surface area contributed by atoms with E-state index in [1.54, 1.807) is 37.4 Å². The van der Waals surface area contributed by atoms with Gasteiger partial charge in [-0.05, 0) is 51.8 Å². The van der Waals surface area contributed by atoms with E-state index in [1.807, 2.05) is 6.07 Å². The fourth-order valence-electron chi connectivity index (χ4n) is 1.80. The number of benzene rings is 2. The summed E-state index contributed by atoms with van der Waals surface area (Å²) in [4.78, 5) is 0.